The van der Waals surface area contributed by atoms with E-state index in [1.165, 1.54) is 10.6 Å². The maximum Gasteiger partial charge on any atom is 0.127 e. The van der Waals surface area contributed by atoms with Crippen molar-refractivity contribution in [2.24, 2.45) is 0 Å². The Hall–Kier alpha value is -1.13. The Morgan fingerprint density at radius 1 is 1.50 bits per heavy atom. The van der Waals surface area contributed by atoms with E-state index in [9.17, 15) is 0 Å². The van der Waals surface area contributed by atoms with E-state index in [1.54, 1.807) is 23.9 Å². The van der Waals surface area contributed by atoms with Crippen molar-refractivity contribution in [2.75, 3.05) is 7.05 Å². The van der Waals surface area contributed by atoms with E-state index < -0.39 is 0 Å². The van der Waals surface area contributed by atoms with E-state index in [0.717, 1.165) is 17.1 Å². The fourth-order valence-electron chi connectivity index (χ4n) is 1.61. The molecule has 2 rings (SSSR count). The van der Waals surface area contributed by atoms with Gasteiger partial charge in [0.05, 0.1) is 12.0 Å². The molecule has 2 aromatic rings. The average Bonchev–Trinajstić information content (AvgIpc) is 2.83. The van der Waals surface area contributed by atoms with Crippen LogP contribution in [0.3, 0.4) is 0 Å². The summed E-state index contributed by atoms with van der Waals surface area (Å²) in [5.74, 6) is 0.459. The van der Waals surface area contributed by atoms with Crippen LogP contribution < -0.4 is 5.32 Å². The first-order valence-electron chi connectivity index (χ1n) is 5.39. The number of nitrogens with one attached hydrogen (secondary N) is 1. The third-order valence-corrected chi connectivity index (χ3v) is 3.50. The van der Waals surface area contributed by atoms with Gasteiger partial charge in [-0.3, -0.25) is 0 Å². The molecule has 0 aromatic carbocycles. The molecule has 0 saturated heterocycles. The number of rotatable bonds is 4. The summed E-state index contributed by atoms with van der Waals surface area (Å²) in [5.41, 5.74) is 2.25. The van der Waals surface area contributed by atoms with E-state index in [2.05, 4.69) is 24.1 Å². The molecule has 0 atom stereocenters. The molecule has 1 N–H and O–H groups in total. The summed E-state index contributed by atoms with van der Waals surface area (Å²) in [7, 11) is 1.96. The zero-order valence-corrected chi connectivity index (χ0v) is 10.6. The normalized spacial score (nSPS) is 11.2. The van der Waals surface area contributed by atoms with Crippen molar-refractivity contribution >= 4 is 11.3 Å². The van der Waals surface area contributed by atoms with Crippen molar-refractivity contribution in [1.29, 1.82) is 0 Å². The van der Waals surface area contributed by atoms with Gasteiger partial charge in [-0.25, -0.2) is 4.98 Å². The number of nitrogens with zero attached hydrogens (tertiary/aromatic N) is 1. The van der Waals surface area contributed by atoms with Gasteiger partial charge in [-0.2, -0.15) is 0 Å². The van der Waals surface area contributed by atoms with E-state index >= 15 is 0 Å². The lowest BCUT2D eigenvalue weighted by atomic mass is 10.1. The second-order valence-corrected chi connectivity index (χ2v) is 5.11. The fraction of sp³-hybridized carbons (Fsp3) is 0.417. The van der Waals surface area contributed by atoms with Crippen LogP contribution in [0.1, 0.15) is 30.3 Å². The molecule has 0 radical (unpaired) electrons. The summed E-state index contributed by atoms with van der Waals surface area (Å²) in [6.07, 6.45) is 3.43. The van der Waals surface area contributed by atoms with Crippen molar-refractivity contribution < 1.29 is 4.42 Å². The highest BCUT2D eigenvalue weighted by Crippen LogP contribution is 2.31. The monoisotopic (exact) mass is 236 g/mol. The topological polar surface area (TPSA) is 38.1 Å². The molecule has 0 aliphatic heterocycles. The van der Waals surface area contributed by atoms with Crippen LogP contribution in [0.15, 0.2) is 23.0 Å². The first kappa shape index (κ1) is 11.4. The van der Waals surface area contributed by atoms with Crippen molar-refractivity contribution in [3.63, 3.8) is 0 Å². The first-order valence-corrected chi connectivity index (χ1v) is 6.20. The highest BCUT2D eigenvalue weighted by Gasteiger charge is 2.14. The summed E-state index contributed by atoms with van der Waals surface area (Å²) < 4.78 is 5.09. The Labute approximate surface area is 99.5 Å². The average molecular weight is 236 g/mol. The van der Waals surface area contributed by atoms with Crippen molar-refractivity contribution in [2.45, 2.75) is 26.3 Å². The Balaban J connectivity index is 2.38. The molecule has 86 valence electrons. The lowest BCUT2D eigenvalue weighted by molar-refractivity contribution is 0.568. The molecule has 0 aliphatic rings. The van der Waals surface area contributed by atoms with Gasteiger partial charge in [-0.05, 0) is 19.0 Å². The largest absolute Gasteiger partial charge is 0.472 e. The van der Waals surface area contributed by atoms with Gasteiger partial charge in [-0.15, -0.1) is 11.3 Å². The first-order chi connectivity index (χ1) is 7.72. The fourth-order valence-corrected chi connectivity index (χ4v) is 2.83. The summed E-state index contributed by atoms with van der Waals surface area (Å²) in [4.78, 5) is 6.00. The summed E-state index contributed by atoms with van der Waals surface area (Å²) in [6.45, 7) is 5.23. The molecular weight excluding hydrogens is 220 g/mol. The minimum atomic E-state index is 0.459. The van der Waals surface area contributed by atoms with Gasteiger partial charge in [0, 0.05) is 17.0 Å². The summed E-state index contributed by atoms with van der Waals surface area (Å²) in [5, 5.41) is 4.23. The maximum absolute atomic E-state index is 5.09. The minimum absolute atomic E-state index is 0.459. The second kappa shape index (κ2) is 4.80. The maximum atomic E-state index is 5.09. The van der Waals surface area contributed by atoms with Gasteiger partial charge in [0.25, 0.3) is 0 Å². The molecule has 16 heavy (non-hydrogen) atoms. The van der Waals surface area contributed by atoms with Crippen LogP contribution in [0.2, 0.25) is 0 Å². The SMILES string of the molecule is CNCc1sc(-c2ccoc2)nc1C(C)C. The van der Waals surface area contributed by atoms with Gasteiger partial charge in [-0.1, -0.05) is 13.8 Å². The molecule has 2 aromatic heterocycles. The third kappa shape index (κ3) is 2.18. The van der Waals surface area contributed by atoms with E-state index in [1.807, 2.05) is 13.1 Å². The van der Waals surface area contributed by atoms with Gasteiger partial charge in [0.1, 0.15) is 11.3 Å². The molecule has 0 saturated carbocycles. The molecule has 0 aliphatic carbocycles. The van der Waals surface area contributed by atoms with Gasteiger partial charge in [0.15, 0.2) is 0 Å². The molecule has 0 fully saturated rings. The predicted molar refractivity (Wildman–Crippen MR) is 66.7 cm³/mol. The van der Waals surface area contributed by atoms with Crippen LogP contribution in [0.5, 0.6) is 0 Å². The number of hydrogen-bond acceptors (Lipinski definition) is 4. The van der Waals surface area contributed by atoms with E-state index in [0.29, 0.717) is 5.92 Å². The Morgan fingerprint density at radius 2 is 2.31 bits per heavy atom. The number of thiazole rings is 1. The van der Waals surface area contributed by atoms with E-state index in [4.69, 9.17) is 4.42 Å². The van der Waals surface area contributed by atoms with Crippen LogP contribution in [-0.2, 0) is 6.54 Å². The quantitative estimate of drug-likeness (QED) is 0.885. The zero-order chi connectivity index (χ0) is 11.5. The summed E-state index contributed by atoms with van der Waals surface area (Å²) in [6, 6.07) is 1.95. The molecule has 4 heteroatoms. The molecule has 0 bridgehead atoms. The third-order valence-electron chi connectivity index (χ3n) is 2.38. The Bertz CT molecular complexity index is 446. The predicted octanol–water partition coefficient (Wildman–Crippen LogP) is 3.25. The molecular formula is C12H16N2OS. The van der Waals surface area contributed by atoms with Crippen molar-refractivity contribution in [3.8, 4) is 10.6 Å². The molecule has 0 unspecified atom stereocenters. The van der Waals surface area contributed by atoms with Crippen molar-refractivity contribution in [1.82, 2.24) is 10.3 Å². The highest BCUT2D eigenvalue weighted by atomic mass is 32.1. The lowest BCUT2D eigenvalue weighted by Crippen LogP contribution is -2.06. The number of furan rings is 1. The smallest absolute Gasteiger partial charge is 0.127 e. The molecule has 3 nitrogen and oxygen atoms in total. The zero-order valence-electron chi connectivity index (χ0n) is 9.78. The van der Waals surface area contributed by atoms with Gasteiger partial charge < -0.3 is 9.73 Å². The number of aromatic nitrogens is 1. The lowest BCUT2D eigenvalue weighted by Gasteiger charge is -2.03. The standard InChI is InChI=1S/C12H16N2OS/c1-8(2)11-10(6-13-3)16-12(14-11)9-4-5-15-7-9/h4-5,7-8,13H,6H2,1-3H3. The highest BCUT2D eigenvalue weighted by molar-refractivity contribution is 7.15. The van der Waals surface area contributed by atoms with Crippen LogP contribution in [-0.4, -0.2) is 12.0 Å². The Kier molecular flexibility index (Phi) is 3.41. The van der Waals surface area contributed by atoms with Gasteiger partial charge >= 0.3 is 0 Å². The second-order valence-electron chi connectivity index (χ2n) is 4.02. The Morgan fingerprint density at radius 3 is 2.88 bits per heavy atom. The minimum Gasteiger partial charge on any atom is -0.472 e. The van der Waals surface area contributed by atoms with Crippen LogP contribution in [0, 0.1) is 0 Å². The van der Waals surface area contributed by atoms with Crippen LogP contribution >= 0.6 is 11.3 Å². The van der Waals surface area contributed by atoms with Crippen molar-refractivity contribution in [3.05, 3.63) is 29.2 Å². The molecule has 0 spiro atoms. The number of hydrogen-bond donors (Lipinski definition) is 1. The molecule has 0 amide bonds. The van der Waals surface area contributed by atoms with Gasteiger partial charge in [0.2, 0.25) is 0 Å². The van der Waals surface area contributed by atoms with Crippen LogP contribution in [0.4, 0.5) is 0 Å². The molecule has 2 heterocycles. The van der Waals surface area contributed by atoms with Crippen LogP contribution in [0.25, 0.3) is 10.6 Å². The summed E-state index contributed by atoms with van der Waals surface area (Å²) >= 11 is 1.74. The van der Waals surface area contributed by atoms with E-state index in [-0.39, 0.29) is 0 Å².